The van der Waals surface area contributed by atoms with E-state index in [-0.39, 0.29) is 0 Å². The molecule has 1 heterocycles. The van der Waals surface area contributed by atoms with Gasteiger partial charge in [0.05, 0.1) is 0 Å². The Balaban J connectivity index is 1.94. The molecule has 4 rings (SSSR count). The van der Waals surface area contributed by atoms with Gasteiger partial charge < -0.3 is 0 Å². The zero-order valence-electron chi connectivity index (χ0n) is 11.4. The van der Waals surface area contributed by atoms with Gasteiger partial charge in [0, 0.05) is 11.6 Å². The van der Waals surface area contributed by atoms with Crippen molar-refractivity contribution >= 4 is 66.7 Å². The van der Waals surface area contributed by atoms with E-state index in [9.17, 15) is 0 Å². The van der Waals surface area contributed by atoms with E-state index in [0.29, 0.717) is 0 Å². The van der Waals surface area contributed by atoms with Crippen LogP contribution in [0.5, 0.6) is 0 Å². The second-order valence-corrected chi connectivity index (χ2v) is 7.31. The van der Waals surface area contributed by atoms with Crippen LogP contribution in [0.1, 0.15) is 0 Å². The van der Waals surface area contributed by atoms with E-state index in [1.54, 1.807) is 0 Å². The summed E-state index contributed by atoms with van der Waals surface area (Å²) in [5, 5.41) is 4.98. The van der Waals surface area contributed by atoms with Crippen LogP contribution in [0.2, 0.25) is 0 Å². The van der Waals surface area contributed by atoms with Crippen molar-refractivity contribution in [3.05, 3.63) is 68.1 Å². The molecule has 0 aliphatic rings. The molecule has 3 aromatic carbocycles. The highest BCUT2D eigenvalue weighted by Gasteiger charge is 2.06. The number of hydrogen-bond acceptors (Lipinski definition) is 2. The van der Waals surface area contributed by atoms with E-state index >= 15 is 0 Å². The molecule has 0 bridgehead atoms. The van der Waals surface area contributed by atoms with Crippen LogP contribution in [0.4, 0.5) is 0 Å². The van der Waals surface area contributed by atoms with Gasteiger partial charge in [0.2, 0.25) is 0 Å². The fourth-order valence-corrected chi connectivity index (χ4v) is 4.24. The molecule has 1 aromatic heterocycles. The molecular formula is C18H10I2N2. The van der Waals surface area contributed by atoms with Gasteiger partial charge in [-0.1, -0.05) is 36.4 Å². The molecule has 0 aliphatic heterocycles. The van der Waals surface area contributed by atoms with Crippen LogP contribution < -0.4 is 0 Å². The number of nitrogens with zero attached hydrogens (tertiary/aromatic N) is 2. The number of fused-ring (bicyclic) bond motifs is 2. The van der Waals surface area contributed by atoms with Crippen molar-refractivity contribution in [1.82, 2.24) is 9.97 Å². The Labute approximate surface area is 155 Å². The zero-order chi connectivity index (χ0) is 15.1. The molecule has 0 unspecified atom stereocenters. The Hall–Kier alpha value is -1.28. The Morgan fingerprint density at radius 1 is 0.591 bits per heavy atom. The maximum absolute atomic E-state index is 4.54. The van der Waals surface area contributed by atoms with Crippen molar-refractivity contribution in [3.63, 3.8) is 0 Å². The first-order valence-electron chi connectivity index (χ1n) is 6.82. The fourth-order valence-electron chi connectivity index (χ4n) is 2.60. The standard InChI is InChI=1S/C18H10I2N2/c19-16-10-17(20)22-18(21-16)14-6-5-13-7-11-3-1-2-4-12(11)8-15(13)9-14/h1-10H. The molecule has 0 amide bonds. The predicted molar refractivity (Wildman–Crippen MR) is 108 cm³/mol. The predicted octanol–water partition coefficient (Wildman–Crippen LogP) is 5.66. The number of aromatic nitrogens is 2. The summed E-state index contributed by atoms with van der Waals surface area (Å²) in [7, 11) is 0. The Bertz CT molecular complexity index is 992. The molecule has 2 nitrogen and oxygen atoms in total. The Kier molecular flexibility index (Phi) is 3.73. The molecule has 0 saturated heterocycles. The van der Waals surface area contributed by atoms with Gasteiger partial charge in [-0.15, -0.1) is 0 Å². The summed E-state index contributed by atoms with van der Waals surface area (Å²) in [6, 6.07) is 21.3. The van der Waals surface area contributed by atoms with Crippen molar-refractivity contribution in [2.75, 3.05) is 0 Å². The van der Waals surface area contributed by atoms with Gasteiger partial charge in [-0.3, -0.25) is 0 Å². The van der Waals surface area contributed by atoms with Crippen molar-refractivity contribution in [3.8, 4) is 11.4 Å². The second-order valence-electron chi connectivity index (χ2n) is 5.10. The summed E-state index contributed by atoms with van der Waals surface area (Å²) < 4.78 is 1.93. The molecule has 106 valence electrons. The minimum absolute atomic E-state index is 0.784. The van der Waals surface area contributed by atoms with E-state index in [1.807, 2.05) is 6.07 Å². The third kappa shape index (κ3) is 2.69. The molecule has 4 heteroatoms. The summed E-state index contributed by atoms with van der Waals surface area (Å²) in [6.07, 6.45) is 0. The van der Waals surface area contributed by atoms with Crippen LogP contribution in [-0.2, 0) is 0 Å². The van der Waals surface area contributed by atoms with Gasteiger partial charge in [-0.25, -0.2) is 9.97 Å². The van der Waals surface area contributed by atoms with Gasteiger partial charge in [-0.05, 0) is 84.9 Å². The molecule has 0 N–H and O–H groups in total. The van der Waals surface area contributed by atoms with E-state index in [4.69, 9.17) is 0 Å². The number of halogens is 2. The first-order valence-corrected chi connectivity index (χ1v) is 8.98. The van der Waals surface area contributed by atoms with Crippen molar-refractivity contribution in [2.45, 2.75) is 0 Å². The third-order valence-corrected chi connectivity index (χ3v) is 4.73. The third-order valence-electron chi connectivity index (χ3n) is 3.63. The van der Waals surface area contributed by atoms with Crippen molar-refractivity contribution < 1.29 is 0 Å². The second kappa shape index (κ2) is 5.73. The topological polar surface area (TPSA) is 25.8 Å². The van der Waals surface area contributed by atoms with Crippen LogP contribution in [-0.4, -0.2) is 9.97 Å². The Morgan fingerprint density at radius 2 is 1.18 bits per heavy atom. The SMILES string of the molecule is Ic1cc(I)nc(-c2ccc3cc4ccccc4cc3c2)n1. The minimum atomic E-state index is 0.784. The minimum Gasteiger partial charge on any atom is -0.222 e. The average molecular weight is 508 g/mol. The lowest BCUT2D eigenvalue weighted by molar-refractivity contribution is 1.12. The molecule has 22 heavy (non-hydrogen) atoms. The van der Waals surface area contributed by atoms with Crippen LogP contribution >= 0.6 is 45.2 Å². The van der Waals surface area contributed by atoms with Gasteiger partial charge in [0.25, 0.3) is 0 Å². The van der Waals surface area contributed by atoms with Crippen LogP contribution in [0, 0.1) is 7.40 Å². The monoisotopic (exact) mass is 508 g/mol. The van der Waals surface area contributed by atoms with Crippen LogP contribution in [0.3, 0.4) is 0 Å². The maximum Gasteiger partial charge on any atom is 0.161 e. The molecule has 4 aromatic rings. The van der Waals surface area contributed by atoms with E-state index in [2.05, 4.69) is 110 Å². The smallest absolute Gasteiger partial charge is 0.161 e. The number of benzene rings is 3. The van der Waals surface area contributed by atoms with Gasteiger partial charge in [0.15, 0.2) is 5.82 Å². The average Bonchev–Trinajstić information content (AvgIpc) is 2.51. The highest BCUT2D eigenvalue weighted by molar-refractivity contribution is 14.1. The molecule has 0 fully saturated rings. The lowest BCUT2D eigenvalue weighted by atomic mass is 10.0. The van der Waals surface area contributed by atoms with Crippen molar-refractivity contribution in [2.24, 2.45) is 0 Å². The summed E-state index contributed by atoms with van der Waals surface area (Å²) in [4.78, 5) is 9.09. The lowest BCUT2D eigenvalue weighted by Gasteiger charge is -2.06. The van der Waals surface area contributed by atoms with E-state index in [0.717, 1.165) is 18.8 Å². The summed E-state index contributed by atoms with van der Waals surface area (Å²) >= 11 is 4.46. The maximum atomic E-state index is 4.54. The molecule has 0 spiro atoms. The van der Waals surface area contributed by atoms with E-state index in [1.165, 1.54) is 21.5 Å². The molecule has 0 aliphatic carbocycles. The highest BCUT2D eigenvalue weighted by Crippen LogP contribution is 2.27. The largest absolute Gasteiger partial charge is 0.222 e. The molecule has 0 saturated carbocycles. The summed E-state index contributed by atoms with van der Waals surface area (Å²) in [5.74, 6) is 0.784. The normalized spacial score (nSPS) is 11.2. The zero-order valence-corrected chi connectivity index (χ0v) is 15.7. The number of rotatable bonds is 1. The van der Waals surface area contributed by atoms with Gasteiger partial charge >= 0.3 is 0 Å². The fraction of sp³-hybridized carbons (Fsp3) is 0. The van der Waals surface area contributed by atoms with Gasteiger partial charge in [0.1, 0.15) is 7.40 Å². The highest BCUT2D eigenvalue weighted by atomic mass is 127. The van der Waals surface area contributed by atoms with Crippen molar-refractivity contribution in [1.29, 1.82) is 0 Å². The first-order chi connectivity index (χ1) is 10.7. The summed E-state index contributed by atoms with van der Waals surface area (Å²) in [6.45, 7) is 0. The molecular weight excluding hydrogens is 498 g/mol. The van der Waals surface area contributed by atoms with Crippen LogP contribution in [0.15, 0.2) is 60.7 Å². The lowest BCUT2D eigenvalue weighted by Crippen LogP contribution is -1.94. The Morgan fingerprint density at radius 3 is 1.86 bits per heavy atom. The first kappa shape index (κ1) is 14.3. The van der Waals surface area contributed by atoms with Gasteiger partial charge in [-0.2, -0.15) is 0 Å². The molecule has 0 radical (unpaired) electrons. The number of hydrogen-bond donors (Lipinski definition) is 0. The quantitative estimate of drug-likeness (QED) is 0.189. The summed E-state index contributed by atoms with van der Waals surface area (Å²) in [5.41, 5.74) is 1.05. The van der Waals surface area contributed by atoms with Crippen LogP contribution in [0.25, 0.3) is 32.9 Å². The van der Waals surface area contributed by atoms with E-state index < -0.39 is 0 Å². The molecule has 0 atom stereocenters.